The van der Waals surface area contributed by atoms with Crippen LogP contribution in [0.4, 0.5) is 0 Å². The summed E-state index contributed by atoms with van der Waals surface area (Å²) < 4.78 is 5.17. The van der Waals surface area contributed by atoms with Crippen molar-refractivity contribution in [1.29, 1.82) is 0 Å². The molecule has 3 rings (SSSR count). The number of benzene rings is 2. The number of hydrogen-bond donors (Lipinski definition) is 2. The van der Waals surface area contributed by atoms with Gasteiger partial charge in [-0.05, 0) is 17.7 Å². The normalized spacial score (nSPS) is 15.8. The molecule has 0 spiro atoms. The number of hydrogen-bond acceptors (Lipinski definition) is 4. The third-order valence-corrected chi connectivity index (χ3v) is 4.86. The Bertz CT molecular complexity index is 869. The standard InChI is InChI=1S/C22H25N3O4/c1-29-19-10-6-5-9-18(19)22(28)24-12-11-23-21(27)17-13-20(26)25(15-17)14-16-7-3-2-4-8-16/h2-10,17H,11-15H2,1H3,(H,23,27)(H,24,28). The molecule has 7 heteroatoms. The first-order valence-electron chi connectivity index (χ1n) is 9.59. The largest absolute Gasteiger partial charge is 0.496 e. The lowest BCUT2D eigenvalue weighted by molar-refractivity contribution is -0.129. The third-order valence-electron chi connectivity index (χ3n) is 4.86. The smallest absolute Gasteiger partial charge is 0.255 e. The summed E-state index contributed by atoms with van der Waals surface area (Å²) >= 11 is 0. The van der Waals surface area contributed by atoms with Crippen molar-refractivity contribution in [3.8, 4) is 5.75 Å². The Kier molecular flexibility index (Phi) is 6.84. The minimum atomic E-state index is -0.365. The van der Waals surface area contributed by atoms with E-state index in [9.17, 15) is 14.4 Å². The number of likely N-dealkylation sites (tertiary alicyclic amines) is 1. The average molecular weight is 395 g/mol. The molecule has 152 valence electrons. The lowest BCUT2D eigenvalue weighted by Gasteiger charge is -2.16. The van der Waals surface area contributed by atoms with E-state index in [1.54, 1.807) is 29.2 Å². The number of carbonyl (C=O) groups excluding carboxylic acids is 3. The van der Waals surface area contributed by atoms with Crippen molar-refractivity contribution in [3.63, 3.8) is 0 Å². The molecular weight excluding hydrogens is 370 g/mol. The zero-order chi connectivity index (χ0) is 20.6. The van der Waals surface area contributed by atoms with Gasteiger partial charge in [-0.3, -0.25) is 14.4 Å². The highest BCUT2D eigenvalue weighted by molar-refractivity contribution is 5.97. The first-order chi connectivity index (χ1) is 14.1. The molecule has 0 bridgehead atoms. The van der Waals surface area contributed by atoms with Gasteiger partial charge in [-0.15, -0.1) is 0 Å². The lowest BCUT2D eigenvalue weighted by Crippen LogP contribution is -2.38. The van der Waals surface area contributed by atoms with E-state index in [0.717, 1.165) is 5.56 Å². The van der Waals surface area contributed by atoms with Crippen LogP contribution in [-0.2, 0) is 16.1 Å². The summed E-state index contributed by atoms with van der Waals surface area (Å²) in [4.78, 5) is 38.5. The van der Waals surface area contributed by atoms with Crippen LogP contribution in [0.5, 0.6) is 5.75 Å². The zero-order valence-electron chi connectivity index (χ0n) is 16.4. The average Bonchev–Trinajstić information content (AvgIpc) is 3.12. The van der Waals surface area contributed by atoms with Crippen molar-refractivity contribution in [2.45, 2.75) is 13.0 Å². The summed E-state index contributed by atoms with van der Waals surface area (Å²) in [7, 11) is 1.51. The Hall–Kier alpha value is -3.35. The second-order valence-corrected chi connectivity index (χ2v) is 6.91. The topological polar surface area (TPSA) is 87.7 Å². The van der Waals surface area contributed by atoms with Crippen molar-refractivity contribution in [2.75, 3.05) is 26.7 Å². The van der Waals surface area contributed by atoms with E-state index in [1.165, 1.54) is 7.11 Å². The van der Waals surface area contributed by atoms with Gasteiger partial charge in [-0.1, -0.05) is 42.5 Å². The van der Waals surface area contributed by atoms with Gasteiger partial charge < -0.3 is 20.3 Å². The molecule has 0 radical (unpaired) electrons. The van der Waals surface area contributed by atoms with Crippen LogP contribution in [0.15, 0.2) is 54.6 Å². The molecule has 1 unspecified atom stereocenters. The fourth-order valence-electron chi connectivity index (χ4n) is 3.34. The molecule has 1 aliphatic rings. The Morgan fingerprint density at radius 3 is 2.48 bits per heavy atom. The molecule has 1 aliphatic heterocycles. The van der Waals surface area contributed by atoms with Crippen molar-refractivity contribution >= 4 is 17.7 Å². The van der Waals surface area contributed by atoms with Gasteiger partial charge in [0.05, 0.1) is 18.6 Å². The van der Waals surface area contributed by atoms with Crippen LogP contribution < -0.4 is 15.4 Å². The number of methoxy groups -OCH3 is 1. The minimum absolute atomic E-state index is 0.0153. The molecule has 0 aromatic heterocycles. The summed E-state index contributed by atoms with van der Waals surface area (Å²) in [6, 6.07) is 16.7. The van der Waals surface area contributed by atoms with E-state index in [1.807, 2.05) is 30.3 Å². The summed E-state index contributed by atoms with van der Waals surface area (Å²) in [5, 5.41) is 5.56. The van der Waals surface area contributed by atoms with Gasteiger partial charge in [0.25, 0.3) is 5.91 Å². The number of ether oxygens (including phenoxy) is 1. The van der Waals surface area contributed by atoms with Gasteiger partial charge >= 0.3 is 0 Å². The maximum absolute atomic E-state index is 12.4. The molecule has 3 amide bonds. The summed E-state index contributed by atoms with van der Waals surface area (Å²) in [5.74, 6) is -0.311. The SMILES string of the molecule is COc1ccccc1C(=O)NCCNC(=O)C1CC(=O)N(Cc2ccccc2)C1. The highest BCUT2D eigenvalue weighted by Gasteiger charge is 2.33. The molecular formula is C22H25N3O4. The molecule has 2 aromatic carbocycles. The van der Waals surface area contributed by atoms with Crippen LogP contribution in [0.25, 0.3) is 0 Å². The maximum atomic E-state index is 12.4. The molecule has 1 fully saturated rings. The van der Waals surface area contributed by atoms with Crippen LogP contribution >= 0.6 is 0 Å². The van der Waals surface area contributed by atoms with Crippen molar-refractivity contribution in [3.05, 3.63) is 65.7 Å². The Labute approximate surface area is 170 Å². The zero-order valence-corrected chi connectivity index (χ0v) is 16.4. The predicted molar refractivity (Wildman–Crippen MR) is 108 cm³/mol. The van der Waals surface area contributed by atoms with E-state index in [2.05, 4.69) is 10.6 Å². The van der Waals surface area contributed by atoms with E-state index in [0.29, 0.717) is 30.9 Å². The van der Waals surface area contributed by atoms with Gasteiger partial charge in [-0.25, -0.2) is 0 Å². The third kappa shape index (κ3) is 5.34. The molecule has 29 heavy (non-hydrogen) atoms. The Morgan fingerprint density at radius 1 is 1.03 bits per heavy atom. The van der Waals surface area contributed by atoms with Crippen LogP contribution in [-0.4, -0.2) is 49.4 Å². The molecule has 0 aliphatic carbocycles. The maximum Gasteiger partial charge on any atom is 0.255 e. The quantitative estimate of drug-likeness (QED) is 0.665. The first kappa shape index (κ1) is 20.4. The minimum Gasteiger partial charge on any atom is -0.496 e. The molecule has 2 N–H and O–H groups in total. The molecule has 1 heterocycles. The first-order valence-corrected chi connectivity index (χ1v) is 9.59. The van der Waals surface area contributed by atoms with E-state index in [-0.39, 0.29) is 36.6 Å². The van der Waals surface area contributed by atoms with E-state index in [4.69, 9.17) is 4.74 Å². The predicted octanol–water partition coefficient (Wildman–Crippen LogP) is 1.59. The van der Waals surface area contributed by atoms with Gasteiger partial charge in [0.2, 0.25) is 11.8 Å². The number of nitrogens with one attached hydrogen (secondary N) is 2. The highest BCUT2D eigenvalue weighted by atomic mass is 16.5. The lowest BCUT2D eigenvalue weighted by atomic mass is 10.1. The van der Waals surface area contributed by atoms with Crippen LogP contribution in [0.2, 0.25) is 0 Å². The fraction of sp³-hybridized carbons (Fsp3) is 0.318. The molecule has 7 nitrogen and oxygen atoms in total. The van der Waals surface area contributed by atoms with E-state index >= 15 is 0 Å². The molecule has 0 saturated carbocycles. The van der Waals surface area contributed by atoms with Gasteiger partial charge in [0.1, 0.15) is 5.75 Å². The number of para-hydroxylation sites is 1. The second-order valence-electron chi connectivity index (χ2n) is 6.91. The summed E-state index contributed by atoms with van der Waals surface area (Å²) in [6.07, 6.45) is 0.215. The van der Waals surface area contributed by atoms with Crippen molar-refractivity contribution in [1.82, 2.24) is 15.5 Å². The van der Waals surface area contributed by atoms with Gasteiger partial charge in [-0.2, -0.15) is 0 Å². The molecule has 1 saturated heterocycles. The van der Waals surface area contributed by atoms with Gasteiger partial charge in [0, 0.05) is 32.6 Å². The molecule has 2 aromatic rings. The second kappa shape index (κ2) is 9.73. The van der Waals surface area contributed by atoms with Crippen LogP contribution in [0.1, 0.15) is 22.3 Å². The van der Waals surface area contributed by atoms with Crippen LogP contribution in [0, 0.1) is 5.92 Å². The molecule has 1 atom stereocenters. The Balaban J connectivity index is 1.42. The number of amides is 3. The number of rotatable bonds is 8. The monoisotopic (exact) mass is 395 g/mol. The highest BCUT2D eigenvalue weighted by Crippen LogP contribution is 2.20. The summed E-state index contributed by atoms with van der Waals surface area (Å²) in [5.41, 5.74) is 1.49. The fourth-order valence-corrected chi connectivity index (χ4v) is 3.34. The van der Waals surface area contributed by atoms with E-state index < -0.39 is 0 Å². The van der Waals surface area contributed by atoms with Gasteiger partial charge in [0.15, 0.2) is 0 Å². The Morgan fingerprint density at radius 2 is 1.72 bits per heavy atom. The number of carbonyl (C=O) groups is 3. The van der Waals surface area contributed by atoms with Crippen LogP contribution in [0.3, 0.4) is 0 Å². The van der Waals surface area contributed by atoms with Crippen molar-refractivity contribution in [2.24, 2.45) is 5.92 Å². The van der Waals surface area contributed by atoms with Crippen molar-refractivity contribution < 1.29 is 19.1 Å². The summed E-state index contributed by atoms with van der Waals surface area (Å²) in [6.45, 7) is 1.51. The number of nitrogens with zero attached hydrogens (tertiary/aromatic N) is 1.